The summed E-state index contributed by atoms with van der Waals surface area (Å²) < 4.78 is 12.9. The molecule has 2 N–H and O–H groups in total. The van der Waals surface area contributed by atoms with Crippen LogP contribution in [0.5, 0.6) is 0 Å². The van der Waals surface area contributed by atoms with Crippen LogP contribution >= 0.6 is 0 Å². The Labute approximate surface area is 136 Å². The number of aliphatic hydroxyl groups excluding tert-OH is 1. The van der Waals surface area contributed by atoms with E-state index in [4.69, 9.17) is 0 Å². The number of hydrogen-bond acceptors (Lipinski definition) is 4. The molecule has 0 saturated carbocycles. The summed E-state index contributed by atoms with van der Waals surface area (Å²) in [6, 6.07) is 10.6. The topological polar surface area (TPSA) is 48.4 Å². The quantitative estimate of drug-likeness (QED) is 0.885. The summed E-state index contributed by atoms with van der Waals surface area (Å²) in [6.45, 7) is 3.00. The van der Waals surface area contributed by atoms with Crippen molar-refractivity contribution in [2.75, 3.05) is 13.1 Å². The van der Waals surface area contributed by atoms with E-state index >= 15 is 0 Å². The van der Waals surface area contributed by atoms with E-state index in [2.05, 4.69) is 15.2 Å². The number of aliphatic hydroxyl groups is 1. The summed E-state index contributed by atoms with van der Waals surface area (Å²) in [5.41, 5.74) is 2.19. The number of piperidine rings is 1. The summed E-state index contributed by atoms with van der Waals surface area (Å²) in [7, 11) is 0. The van der Waals surface area contributed by atoms with E-state index in [-0.39, 0.29) is 11.9 Å². The zero-order valence-electron chi connectivity index (χ0n) is 13.0. The molecule has 122 valence electrons. The molecule has 0 radical (unpaired) electrons. The molecule has 4 nitrogen and oxygen atoms in total. The molecule has 0 unspecified atom stereocenters. The Morgan fingerprint density at radius 3 is 2.74 bits per heavy atom. The molecule has 1 aliphatic rings. The van der Waals surface area contributed by atoms with Crippen LogP contribution in [0.2, 0.25) is 0 Å². The molecule has 5 heteroatoms. The lowest BCUT2D eigenvalue weighted by Crippen LogP contribution is -2.52. The van der Waals surface area contributed by atoms with Gasteiger partial charge in [0.2, 0.25) is 0 Å². The Morgan fingerprint density at radius 2 is 2.04 bits per heavy atom. The molecule has 0 spiro atoms. The first-order valence-electron chi connectivity index (χ1n) is 7.98. The highest BCUT2D eigenvalue weighted by atomic mass is 19.1. The van der Waals surface area contributed by atoms with Gasteiger partial charge in [-0.2, -0.15) is 0 Å². The summed E-state index contributed by atoms with van der Waals surface area (Å²) in [5, 5.41) is 13.8. The molecule has 2 heterocycles. The first kappa shape index (κ1) is 16.1. The number of benzene rings is 1. The van der Waals surface area contributed by atoms with Gasteiger partial charge in [0.1, 0.15) is 5.82 Å². The van der Waals surface area contributed by atoms with Crippen LogP contribution < -0.4 is 5.32 Å². The van der Waals surface area contributed by atoms with Crippen molar-refractivity contribution in [1.82, 2.24) is 15.2 Å². The van der Waals surface area contributed by atoms with Gasteiger partial charge >= 0.3 is 0 Å². The van der Waals surface area contributed by atoms with E-state index in [1.165, 1.54) is 12.1 Å². The number of pyridine rings is 1. The zero-order chi connectivity index (χ0) is 16.1. The average molecular weight is 315 g/mol. The first-order valence-corrected chi connectivity index (χ1v) is 7.98. The predicted molar refractivity (Wildman–Crippen MR) is 87.2 cm³/mol. The van der Waals surface area contributed by atoms with Gasteiger partial charge in [0, 0.05) is 44.6 Å². The highest BCUT2D eigenvalue weighted by Crippen LogP contribution is 2.15. The van der Waals surface area contributed by atoms with Crippen LogP contribution in [0.1, 0.15) is 17.5 Å². The SMILES string of the molecule is O[C@@H]1CN(Cc2ccc(F)cc2)CC[C@H]1NCc1cccnc1. The fourth-order valence-electron chi connectivity index (χ4n) is 2.98. The molecule has 2 aromatic rings. The average Bonchev–Trinajstić information content (AvgIpc) is 2.57. The van der Waals surface area contributed by atoms with Gasteiger partial charge < -0.3 is 10.4 Å². The number of aromatic nitrogens is 1. The van der Waals surface area contributed by atoms with E-state index in [0.29, 0.717) is 13.1 Å². The Morgan fingerprint density at radius 1 is 1.22 bits per heavy atom. The summed E-state index contributed by atoms with van der Waals surface area (Å²) in [5.74, 6) is -0.216. The van der Waals surface area contributed by atoms with Crippen molar-refractivity contribution in [2.45, 2.75) is 31.7 Å². The summed E-state index contributed by atoms with van der Waals surface area (Å²) in [4.78, 5) is 6.30. The van der Waals surface area contributed by atoms with Gasteiger partial charge in [-0.05, 0) is 35.7 Å². The van der Waals surface area contributed by atoms with Crippen molar-refractivity contribution >= 4 is 0 Å². The minimum atomic E-state index is -0.402. The molecular weight excluding hydrogens is 293 g/mol. The fraction of sp³-hybridized carbons (Fsp3) is 0.389. The minimum absolute atomic E-state index is 0.0969. The lowest BCUT2D eigenvalue weighted by molar-refractivity contribution is 0.0365. The number of β-amino-alcohol motifs (C(OH)–C–C–N with tert-alkyl or cyclic N) is 1. The second-order valence-electron chi connectivity index (χ2n) is 6.07. The number of rotatable bonds is 5. The molecule has 1 saturated heterocycles. The zero-order valence-corrected chi connectivity index (χ0v) is 13.0. The molecule has 23 heavy (non-hydrogen) atoms. The minimum Gasteiger partial charge on any atom is -0.390 e. The van der Waals surface area contributed by atoms with Crippen molar-refractivity contribution < 1.29 is 9.50 Å². The molecule has 1 aromatic carbocycles. The summed E-state index contributed by atoms with van der Waals surface area (Å²) in [6.07, 6.45) is 4.08. The van der Waals surface area contributed by atoms with Gasteiger partial charge in [0.15, 0.2) is 0 Å². The number of nitrogens with zero attached hydrogens (tertiary/aromatic N) is 2. The van der Waals surface area contributed by atoms with E-state index in [1.54, 1.807) is 18.3 Å². The number of halogens is 1. The lowest BCUT2D eigenvalue weighted by atomic mass is 10.0. The maximum Gasteiger partial charge on any atom is 0.123 e. The van der Waals surface area contributed by atoms with E-state index in [0.717, 1.165) is 30.6 Å². The number of hydrogen-bond donors (Lipinski definition) is 2. The van der Waals surface area contributed by atoms with E-state index in [1.807, 2.05) is 18.3 Å². The molecular formula is C18H22FN3O. The Balaban J connectivity index is 1.48. The normalized spacial score (nSPS) is 22.2. The van der Waals surface area contributed by atoms with Gasteiger partial charge in [-0.15, -0.1) is 0 Å². The van der Waals surface area contributed by atoms with E-state index < -0.39 is 6.10 Å². The third-order valence-corrected chi connectivity index (χ3v) is 4.28. The molecule has 0 amide bonds. The van der Waals surface area contributed by atoms with Crippen LogP contribution in [0.15, 0.2) is 48.8 Å². The number of nitrogens with one attached hydrogen (secondary N) is 1. The largest absolute Gasteiger partial charge is 0.390 e. The van der Waals surface area contributed by atoms with Crippen LogP contribution in [0.25, 0.3) is 0 Å². The maximum absolute atomic E-state index is 12.9. The smallest absolute Gasteiger partial charge is 0.123 e. The molecule has 1 aliphatic heterocycles. The van der Waals surface area contributed by atoms with Crippen molar-refractivity contribution in [3.8, 4) is 0 Å². The van der Waals surface area contributed by atoms with Gasteiger partial charge in [0.05, 0.1) is 6.10 Å². The highest BCUT2D eigenvalue weighted by molar-refractivity contribution is 5.16. The fourth-order valence-corrected chi connectivity index (χ4v) is 2.98. The molecule has 1 aromatic heterocycles. The summed E-state index contributed by atoms with van der Waals surface area (Å²) >= 11 is 0. The van der Waals surface area contributed by atoms with Crippen molar-refractivity contribution in [1.29, 1.82) is 0 Å². The van der Waals surface area contributed by atoms with Crippen LogP contribution in [-0.2, 0) is 13.1 Å². The second kappa shape index (κ2) is 7.64. The van der Waals surface area contributed by atoms with Gasteiger partial charge in [-0.25, -0.2) is 4.39 Å². The molecule has 0 bridgehead atoms. The molecule has 1 fully saturated rings. The Bertz CT molecular complexity index is 605. The third-order valence-electron chi connectivity index (χ3n) is 4.28. The predicted octanol–water partition coefficient (Wildman–Crippen LogP) is 1.95. The van der Waals surface area contributed by atoms with Crippen molar-refractivity contribution in [3.63, 3.8) is 0 Å². The van der Waals surface area contributed by atoms with Gasteiger partial charge in [0.25, 0.3) is 0 Å². The Kier molecular flexibility index (Phi) is 5.33. The van der Waals surface area contributed by atoms with Crippen LogP contribution in [0, 0.1) is 5.82 Å². The van der Waals surface area contributed by atoms with Crippen molar-refractivity contribution in [3.05, 3.63) is 65.7 Å². The highest BCUT2D eigenvalue weighted by Gasteiger charge is 2.27. The first-order chi connectivity index (χ1) is 11.2. The molecule has 2 atom stereocenters. The maximum atomic E-state index is 12.9. The molecule has 3 rings (SSSR count). The van der Waals surface area contributed by atoms with Crippen LogP contribution in [0.3, 0.4) is 0 Å². The monoisotopic (exact) mass is 315 g/mol. The van der Waals surface area contributed by atoms with Gasteiger partial charge in [-0.1, -0.05) is 18.2 Å². The van der Waals surface area contributed by atoms with Crippen LogP contribution in [0.4, 0.5) is 4.39 Å². The van der Waals surface area contributed by atoms with E-state index in [9.17, 15) is 9.50 Å². The lowest BCUT2D eigenvalue weighted by Gasteiger charge is -2.36. The van der Waals surface area contributed by atoms with Gasteiger partial charge in [-0.3, -0.25) is 9.88 Å². The number of likely N-dealkylation sites (tertiary alicyclic amines) is 1. The second-order valence-corrected chi connectivity index (χ2v) is 6.07. The third kappa shape index (κ3) is 4.58. The van der Waals surface area contributed by atoms with Crippen molar-refractivity contribution in [2.24, 2.45) is 0 Å². The standard InChI is InChI=1S/C18H22FN3O/c19-16-5-3-14(4-6-16)12-22-9-7-17(18(23)13-22)21-11-15-2-1-8-20-10-15/h1-6,8,10,17-18,21,23H,7,9,11-13H2/t17-,18-/m1/s1. The molecule has 0 aliphatic carbocycles. The Hall–Kier alpha value is -1.82. The van der Waals surface area contributed by atoms with Crippen LogP contribution in [-0.4, -0.2) is 40.2 Å².